The molecule has 1 aliphatic heterocycles. The van der Waals surface area contributed by atoms with Crippen LogP contribution in [-0.4, -0.2) is 40.3 Å². The van der Waals surface area contributed by atoms with Gasteiger partial charge in [0.2, 0.25) is 0 Å². The molecule has 1 aliphatic rings. The first-order valence-corrected chi connectivity index (χ1v) is 6.53. The molecule has 18 heavy (non-hydrogen) atoms. The number of hydrogen-bond donors (Lipinski definition) is 1. The summed E-state index contributed by atoms with van der Waals surface area (Å²) in [6.07, 6.45) is 3.67. The zero-order valence-electron chi connectivity index (χ0n) is 10.9. The molecule has 0 aliphatic carbocycles. The Hall–Kier alpha value is -1.62. The van der Waals surface area contributed by atoms with E-state index >= 15 is 0 Å². The zero-order valence-corrected chi connectivity index (χ0v) is 10.9. The Morgan fingerprint density at radius 2 is 2.28 bits per heavy atom. The number of nitrogens with one attached hydrogen (secondary N) is 1. The minimum absolute atomic E-state index is 0.541. The van der Waals surface area contributed by atoms with Crippen LogP contribution in [0.5, 0.6) is 0 Å². The lowest BCUT2D eigenvalue weighted by Crippen LogP contribution is -2.53. The first-order chi connectivity index (χ1) is 8.74. The minimum Gasteiger partial charge on any atom is -0.352 e. The van der Waals surface area contributed by atoms with E-state index in [9.17, 15) is 0 Å². The van der Waals surface area contributed by atoms with Crippen molar-refractivity contribution in [1.29, 1.82) is 0 Å². The van der Waals surface area contributed by atoms with E-state index in [1.165, 1.54) is 0 Å². The fraction of sp³-hybridized carbons (Fsp3) is 0.538. The molecule has 5 heteroatoms. The van der Waals surface area contributed by atoms with Crippen LogP contribution in [0.15, 0.2) is 24.5 Å². The zero-order chi connectivity index (χ0) is 12.5. The highest BCUT2D eigenvalue weighted by Crippen LogP contribution is 2.16. The number of rotatable bonds is 2. The molecule has 1 fully saturated rings. The lowest BCUT2D eigenvalue weighted by Gasteiger charge is -2.36. The van der Waals surface area contributed by atoms with Gasteiger partial charge in [-0.15, -0.1) is 5.10 Å². The second-order valence-corrected chi connectivity index (χ2v) is 5.17. The highest BCUT2D eigenvalue weighted by molar-refractivity contribution is 5.46. The van der Waals surface area contributed by atoms with E-state index in [2.05, 4.69) is 40.2 Å². The van der Waals surface area contributed by atoms with Gasteiger partial charge < -0.3 is 10.2 Å². The van der Waals surface area contributed by atoms with Crippen molar-refractivity contribution in [3.8, 4) is 0 Å². The quantitative estimate of drug-likeness (QED) is 0.862. The van der Waals surface area contributed by atoms with E-state index in [4.69, 9.17) is 0 Å². The fourth-order valence-electron chi connectivity index (χ4n) is 2.41. The van der Waals surface area contributed by atoms with E-state index in [1.807, 2.05) is 16.8 Å². The van der Waals surface area contributed by atoms with Crippen LogP contribution in [0.3, 0.4) is 0 Å². The molecule has 0 bridgehead atoms. The first-order valence-electron chi connectivity index (χ1n) is 6.53. The van der Waals surface area contributed by atoms with E-state index < -0.39 is 0 Å². The van der Waals surface area contributed by atoms with Crippen LogP contribution in [0.1, 0.15) is 13.8 Å². The Kier molecular flexibility index (Phi) is 2.91. The van der Waals surface area contributed by atoms with Crippen LogP contribution < -0.4 is 10.2 Å². The van der Waals surface area contributed by atoms with Crippen LogP contribution >= 0.6 is 0 Å². The monoisotopic (exact) mass is 245 g/mol. The number of imidazole rings is 1. The van der Waals surface area contributed by atoms with Crippen LogP contribution in [0.25, 0.3) is 5.65 Å². The molecular formula is C13H19N5. The Morgan fingerprint density at radius 3 is 3.11 bits per heavy atom. The number of hydrogen-bond acceptors (Lipinski definition) is 4. The van der Waals surface area contributed by atoms with Gasteiger partial charge in [0.15, 0.2) is 5.65 Å². The summed E-state index contributed by atoms with van der Waals surface area (Å²) in [5, 5.41) is 8.17. The average Bonchev–Trinajstić information content (AvgIpc) is 2.86. The van der Waals surface area contributed by atoms with Crippen molar-refractivity contribution in [2.75, 3.05) is 24.5 Å². The number of nitrogens with zero attached hydrogens (tertiary/aromatic N) is 4. The number of fused-ring (bicyclic) bond motifs is 1. The summed E-state index contributed by atoms with van der Waals surface area (Å²) in [6.45, 7) is 7.56. The smallest absolute Gasteiger partial charge is 0.153 e. The first kappa shape index (κ1) is 11.5. The largest absolute Gasteiger partial charge is 0.352 e. The van der Waals surface area contributed by atoms with Crippen LogP contribution in [-0.2, 0) is 0 Å². The van der Waals surface area contributed by atoms with E-state index in [1.54, 1.807) is 6.20 Å². The summed E-state index contributed by atoms with van der Waals surface area (Å²) in [6, 6.07) is 4.62. The highest BCUT2D eigenvalue weighted by atomic mass is 15.3. The standard InChI is InChI=1S/C13H19N5/c1-10(2)11-9-17(7-5-14-11)13-4-3-12-15-6-8-18(12)16-13/h3-4,6,8,10-11,14H,5,7,9H2,1-2H3. The van der Waals surface area contributed by atoms with Gasteiger partial charge in [-0.25, -0.2) is 9.50 Å². The van der Waals surface area contributed by atoms with Gasteiger partial charge in [-0.2, -0.15) is 0 Å². The van der Waals surface area contributed by atoms with Gasteiger partial charge in [0.1, 0.15) is 5.82 Å². The second kappa shape index (κ2) is 4.57. The van der Waals surface area contributed by atoms with Gasteiger partial charge in [0.25, 0.3) is 0 Å². The normalized spacial score (nSPS) is 20.8. The lowest BCUT2D eigenvalue weighted by atomic mass is 10.0. The van der Waals surface area contributed by atoms with Gasteiger partial charge >= 0.3 is 0 Å². The van der Waals surface area contributed by atoms with E-state index in [-0.39, 0.29) is 0 Å². The molecule has 2 aromatic heterocycles. The maximum atomic E-state index is 4.60. The van der Waals surface area contributed by atoms with Crippen molar-refractivity contribution in [3.05, 3.63) is 24.5 Å². The Balaban J connectivity index is 1.84. The Bertz CT molecular complexity index is 533. The van der Waals surface area contributed by atoms with E-state index in [0.29, 0.717) is 12.0 Å². The van der Waals surface area contributed by atoms with Gasteiger partial charge in [-0.1, -0.05) is 13.8 Å². The molecule has 3 heterocycles. The topological polar surface area (TPSA) is 45.5 Å². The third-order valence-corrected chi connectivity index (χ3v) is 3.58. The number of piperazine rings is 1. The van der Waals surface area contributed by atoms with Crippen LogP contribution in [0.4, 0.5) is 5.82 Å². The number of anilines is 1. The summed E-state index contributed by atoms with van der Waals surface area (Å²) < 4.78 is 1.84. The van der Waals surface area contributed by atoms with Gasteiger partial charge in [-0.05, 0) is 18.1 Å². The van der Waals surface area contributed by atoms with Crippen molar-refractivity contribution in [2.45, 2.75) is 19.9 Å². The van der Waals surface area contributed by atoms with Crippen molar-refractivity contribution < 1.29 is 0 Å². The second-order valence-electron chi connectivity index (χ2n) is 5.17. The fourth-order valence-corrected chi connectivity index (χ4v) is 2.41. The average molecular weight is 245 g/mol. The van der Waals surface area contributed by atoms with Crippen molar-refractivity contribution >= 4 is 11.5 Å². The Labute approximate surface area is 107 Å². The molecule has 96 valence electrons. The van der Waals surface area contributed by atoms with Crippen LogP contribution in [0, 0.1) is 5.92 Å². The molecule has 3 rings (SSSR count). The molecule has 1 N–H and O–H groups in total. The predicted octanol–water partition coefficient (Wildman–Crippen LogP) is 1.16. The van der Waals surface area contributed by atoms with E-state index in [0.717, 1.165) is 31.1 Å². The van der Waals surface area contributed by atoms with Crippen molar-refractivity contribution in [1.82, 2.24) is 19.9 Å². The number of aromatic nitrogens is 3. The summed E-state index contributed by atoms with van der Waals surface area (Å²) in [7, 11) is 0. The molecule has 2 aromatic rings. The maximum absolute atomic E-state index is 4.60. The molecule has 1 saturated heterocycles. The molecule has 0 amide bonds. The molecule has 0 spiro atoms. The third kappa shape index (κ3) is 2.06. The molecular weight excluding hydrogens is 226 g/mol. The lowest BCUT2D eigenvalue weighted by molar-refractivity contribution is 0.367. The van der Waals surface area contributed by atoms with Crippen molar-refractivity contribution in [3.63, 3.8) is 0 Å². The third-order valence-electron chi connectivity index (χ3n) is 3.58. The summed E-state index contributed by atoms with van der Waals surface area (Å²) in [5.41, 5.74) is 0.897. The Morgan fingerprint density at radius 1 is 1.39 bits per heavy atom. The molecule has 0 radical (unpaired) electrons. The predicted molar refractivity (Wildman–Crippen MR) is 71.8 cm³/mol. The minimum atomic E-state index is 0.541. The molecule has 1 atom stereocenters. The SMILES string of the molecule is CC(C)C1CN(c2ccc3nccn3n2)CCN1. The summed E-state index contributed by atoms with van der Waals surface area (Å²) >= 11 is 0. The molecule has 1 unspecified atom stereocenters. The summed E-state index contributed by atoms with van der Waals surface area (Å²) in [5.74, 6) is 1.68. The van der Waals surface area contributed by atoms with Gasteiger partial charge in [-0.3, -0.25) is 0 Å². The molecule has 5 nitrogen and oxygen atoms in total. The molecule has 0 aromatic carbocycles. The van der Waals surface area contributed by atoms with Crippen LogP contribution in [0.2, 0.25) is 0 Å². The summed E-state index contributed by atoms with van der Waals surface area (Å²) in [4.78, 5) is 6.57. The van der Waals surface area contributed by atoms with Gasteiger partial charge in [0, 0.05) is 38.1 Å². The molecule has 0 saturated carbocycles. The highest BCUT2D eigenvalue weighted by Gasteiger charge is 2.22. The van der Waals surface area contributed by atoms with Crippen molar-refractivity contribution in [2.24, 2.45) is 5.92 Å². The van der Waals surface area contributed by atoms with Gasteiger partial charge in [0.05, 0.1) is 0 Å². The maximum Gasteiger partial charge on any atom is 0.153 e.